The fourth-order valence-electron chi connectivity index (χ4n) is 1.42. The Kier molecular flexibility index (Phi) is 2.74. The van der Waals surface area contributed by atoms with Gasteiger partial charge in [-0.05, 0) is 12.3 Å². The molecule has 1 saturated heterocycles. The largest absolute Gasteiger partial charge is 0.447 e. The minimum absolute atomic E-state index is 0.190. The molecule has 0 aromatic heterocycles. The van der Waals surface area contributed by atoms with Crippen molar-refractivity contribution in [1.29, 1.82) is 0 Å². The average Bonchev–Trinajstić information content (AvgIpc) is 2.30. The number of carbonyl (C=O) groups excluding carboxylic acids is 1. The standard InChI is InChI=1S/C9H15NO2/c1-4-10-8(5-7(2)3)6-12-9(10)11/h4,7-8H,1,5-6H2,2-3H3. The summed E-state index contributed by atoms with van der Waals surface area (Å²) in [6, 6.07) is 0.190. The van der Waals surface area contributed by atoms with Gasteiger partial charge in [0.2, 0.25) is 0 Å². The first-order valence-electron chi connectivity index (χ1n) is 4.22. The molecule has 1 amide bonds. The Morgan fingerprint density at radius 3 is 3.00 bits per heavy atom. The van der Waals surface area contributed by atoms with Crippen molar-refractivity contribution in [2.24, 2.45) is 5.92 Å². The van der Waals surface area contributed by atoms with Crippen molar-refractivity contribution in [2.45, 2.75) is 26.3 Å². The molecule has 0 radical (unpaired) electrons. The summed E-state index contributed by atoms with van der Waals surface area (Å²) in [7, 11) is 0. The summed E-state index contributed by atoms with van der Waals surface area (Å²) in [6.07, 6.45) is 2.25. The normalized spacial score (nSPS) is 23.1. The number of rotatable bonds is 3. The van der Waals surface area contributed by atoms with E-state index in [1.54, 1.807) is 11.1 Å². The van der Waals surface area contributed by atoms with Gasteiger partial charge in [-0.25, -0.2) is 4.79 Å². The second-order valence-corrected chi connectivity index (χ2v) is 3.45. The van der Waals surface area contributed by atoms with Crippen molar-refractivity contribution in [3.05, 3.63) is 12.8 Å². The second kappa shape index (κ2) is 3.61. The van der Waals surface area contributed by atoms with E-state index in [1.165, 1.54) is 0 Å². The molecule has 0 aromatic carbocycles. The van der Waals surface area contributed by atoms with Gasteiger partial charge >= 0.3 is 6.09 Å². The maximum atomic E-state index is 11.0. The number of nitrogens with zero attached hydrogens (tertiary/aromatic N) is 1. The second-order valence-electron chi connectivity index (χ2n) is 3.45. The van der Waals surface area contributed by atoms with E-state index < -0.39 is 0 Å². The van der Waals surface area contributed by atoms with Gasteiger partial charge < -0.3 is 4.74 Å². The molecule has 1 heterocycles. The van der Waals surface area contributed by atoms with Crippen LogP contribution in [0.25, 0.3) is 0 Å². The van der Waals surface area contributed by atoms with Gasteiger partial charge in [0.05, 0.1) is 6.04 Å². The Morgan fingerprint density at radius 1 is 1.83 bits per heavy atom. The average molecular weight is 169 g/mol. The van der Waals surface area contributed by atoms with Crippen LogP contribution in [-0.2, 0) is 4.74 Å². The lowest BCUT2D eigenvalue weighted by Crippen LogP contribution is -2.29. The molecule has 0 aliphatic carbocycles. The van der Waals surface area contributed by atoms with E-state index in [0.29, 0.717) is 12.5 Å². The molecule has 0 N–H and O–H groups in total. The Labute approximate surface area is 73.0 Å². The lowest BCUT2D eigenvalue weighted by atomic mass is 10.0. The van der Waals surface area contributed by atoms with Crippen molar-refractivity contribution in [1.82, 2.24) is 4.90 Å². The van der Waals surface area contributed by atoms with Crippen molar-refractivity contribution in [3.63, 3.8) is 0 Å². The Morgan fingerprint density at radius 2 is 2.50 bits per heavy atom. The smallest absolute Gasteiger partial charge is 0.414 e. The molecule has 12 heavy (non-hydrogen) atoms. The third-order valence-electron chi connectivity index (χ3n) is 1.94. The molecule has 1 aliphatic rings. The number of hydrogen-bond acceptors (Lipinski definition) is 2. The zero-order chi connectivity index (χ0) is 9.14. The van der Waals surface area contributed by atoms with Gasteiger partial charge in [0.1, 0.15) is 6.61 Å². The molecule has 1 unspecified atom stereocenters. The van der Waals surface area contributed by atoms with Crippen molar-refractivity contribution >= 4 is 6.09 Å². The zero-order valence-corrected chi connectivity index (χ0v) is 7.62. The Balaban J connectivity index is 2.54. The topological polar surface area (TPSA) is 29.5 Å². The summed E-state index contributed by atoms with van der Waals surface area (Å²) in [4.78, 5) is 12.6. The highest BCUT2D eigenvalue weighted by atomic mass is 16.6. The summed E-state index contributed by atoms with van der Waals surface area (Å²) < 4.78 is 4.89. The summed E-state index contributed by atoms with van der Waals surface area (Å²) in [5.41, 5.74) is 0. The lowest BCUT2D eigenvalue weighted by Gasteiger charge is -2.18. The van der Waals surface area contributed by atoms with Gasteiger partial charge in [-0.15, -0.1) is 0 Å². The summed E-state index contributed by atoms with van der Waals surface area (Å²) in [5.74, 6) is 0.576. The first kappa shape index (κ1) is 9.10. The number of cyclic esters (lactones) is 1. The van der Waals surface area contributed by atoms with E-state index in [4.69, 9.17) is 4.74 Å². The van der Waals surface area contributed by atoms with Gasteiger partial charge in [0, 0.05) is 6.20 Å². The minimum Gasteiger partial charge on any atom is -0.447 e. The van der Waals surface area contributed by atoms with Crippen LogP contribution in [0, 0.1) is 5.92 Å². The Bertz CT molecular complexity index is 189. The van der Waals surface area contributed by atoms with Gasteiger partial charge in [-0.3, -0.25) is 4.90 Å². The van der Waals surface area contributed by atoms with Gasteiger partial charge in [-0.2, -0.15) is 0 Å². The molecule has 1 rings (SSSR count). The van der Waals surface area contributed by atoms with E-state index in [2.05, 4.69) is 20.4 Å². The van der Waals surface area contributed by atoms with E-state index in [0.717, 1.165) is 6.42 Å². The molecule has 1 aliphatic heterocycles. The van der Waals surface area contributed by atoms with Crippen molar-refractivity contribution in [2.75, 3.05) is 6.61 Å². The molecule has 1 fully saturated rings. The van der Waals surface area contributed by atoms with Crippen molar-refractivity contribution in [3.8, 4) is 0 Å². The Hall–Kier alpha value is -0.990. The monoisotopic (exact) mass is 169 g/mol. The summed E-state index contributed by atoms with van der Waals surface area (Å²) in [6.45, 7) is 8.34. The minimum atomic E-state index is -0.268. The molecule has 1 atom stereocenters. The van der Waals surface area contributed by atoms with E-state index in [1.807, 2.05) is 0 Å². The predicted molar refractivity (Wildman–Crippen MR) is 46.6 cm³/mol. The summed E-state index contributed by atoms with van der Waals surface area (Å²) in [5, 5.41) is 0. The van der Waals surface area contributed by atoms with E-state index in [9.17, 15) is 4.79 Å². The SMILES string of the molecule is C=CN1C(=O)OCC1CC(C)C. The molecule has 0 spiro atoms. The maximum Gasteiger partial charge on any atom is 0.414 e. The van der Waals surface area contributed by atoms with Gasteiger partial charge in [0.25, 0.3) is 0 Å². The molecular formula is C9H15NO2. The molecule has 0 saturated carbocycles. The zero-order valence-electron chi connectivity index (χ0n) is 7.62. The first-order chi connectivity index (χ1) is 5.65. The van der Waals surface area contributed by atoms with Crippen LogP contribution in [0.5, 0.6) is 0 Å². The van der Waals surface area contributed by atoms with Crippen LogP contribution in [0.3, 0.4) is 0 Å². The lowest BCUT2D eigenvalue weighted by molar-refractivity contribution is 0.166. The quantitative estimate of drug-likeness (QED) is 0.646. The molecule has 0 bridgehead atoms. The van der Waals surface area contributed by atoms with Gasteiger partial charge in [0.15, 0.2) is 0 Å². The van der Waals surface area contributed by atoms with E-state index in [-0.39, 0.29) is 12.1 Å². The third kappa shape index (κ3) is 1.78. The van der Waals surface area contributed by atoms with Gasteiger partial charge in [-0.1, -0.05) is 20.4 Å². The van der Waals surface area contributed by atoms with Crippen LogP contribution in [0.4, 0.5) is 4.79 Å². The van der Waals surface area contributed by atoms with Crippen LogP contribution >= 0.6 is 0 Å². The predicted octanol–water partition coefficient (Wildman–Crippen LogP) is 2.00. The third-order valence-corrected chi connectivity index (χ3v) is 1.94. The van der Waals surface area contributed by atoms with Crippen LogP contribution < -0.4 is 0 Å². The molecule has 68 valence electrons. The van der Waals surface area contributed by atoms with Crippen LogP contribution in [0.15, 0.2) is 12.8 Å². The highest BCUT2D eigenvalue weighted by molar-refractivity contribution is 5.71. The number of hydrogen-bond donors (Lipinski definition) is 0. The molecule has 0 aromatic rings. The molecule has 3 nitrogen and oxygen atoms in total. The highest BCUT2D eigenvalue weighted by Gasteiger charge is 2.30. The van der Waals surface area contributed by atoms with Crippen LogP contribution in [-0.4, -0.2) is 23.6 Å². The molecular weight excluding hydrogens is 154 g/mol. The fourth-order valence-corrected chi connectivity index (χ4v) is 1.42. The molecule has 3 heteroatoms. The maximum absolute atomic E-state index is 11.0. The number of ether oxygens (including phenoxy) is 1. The summed E-state index contributed by atoms with van der Waals surface area (Å²) >= 11 is 0. The highest BCUT2D eigenvalue weighted by Crippen LogP contribution is 2.18. The fraction of sp³-hybridized carbons (Fsp3) is 0.667. The number of carbonyl (C=O) groups is 1. The van der Waals surface area contributed by atoms with Crippen LogP contribution in [0.1, 0.15) is 20.3 Å². The number of amides is 1. The van der Waals surface area contributed by atoms with Crippen molar-refractivity contribution < 1.29 is 9.53 Å². The van der Waals surface area contributed by atoms with E-state index >= 15 is 0 Å². The first-order valence-corrected chi connectivity index (χ1v) is 4.22. The van der Waals surface area contributed by atoms with Crippen LogP contribution in [0.2, 0.25) is 0 Å².